The van der Waals surface area contributed by atoms with Crippen molar-refractivity contribution in [1.29, 1.82) is 5.26 Å². The summed E-state index contributed by atoms with van der Waals surface area (Å²) >= 11 is 1.49. The number of likely N-dealkylation sites (N-methyl/N-ethyl adjacent to an activating group) is 1. The van der Waals surface area contributed by atoms with E-state index in [1.54, 1.807) is 13.0 Å². The third kappa shape index (κ3) is 5.24. The van der Waals surface area contributed by atoms with E-state index in [1.165, 1.54) is 16.2 Å². The van der Waals surface area contributed by atoms with Crippen LogP contribution in [0.4, 0.5) is 5.69 Å². The van der Waals surface area contributed by atoms with Crippen molar-refractivity contribution in [3.8, 4) is 6.07 Å². The van der Waals surface area contributed by atoms with Crippen LogP contribution in [-0.4, -0.2) is 39.3 Å². The molecule has 0 atom stereocenters. The van der Waals surface area contributed by atoms with Gasteiger partial charge >= 0.3 is 0 Å². The molecule has 1 N–H and O–H groups in total. The first kappa shape index (κ1) is 20.8. The van der Waals surface area contributed by atoms with Crippen LogP contribution in [0, 0.1) is 21.4 Å². The van der Waals surface area contributed by atoms with Gasteiger partial charge in [-0.3, -0.25) is 29.1 Å². The van der Waals surface area contributed by atoms with Gasteiger partial charge in [-0.05, 0) is 18.4 Å². The molecule has 0 radical (unpaired) electrons. The van der Waals surface area contributed by atoms with E-state index in [4.69, 9.17) is 5.26 Å². The molecule has 146 valence electrons. The van der Waals surface area contributed by atoms with Gasteiger partial charge in [-0.15, -0.1) is 11.3 Å². The van der Waals surface area contributed by atoms with Crippen LogP contribution in [0.2, 0.25) is 0 Å². The maximum Gasteiger partial charge on any atom is 0.287 e. The molecule has 2 rings (SSSR count). The highest BCUT2D eigenvalue weighted by Gasteiger charge is 2.19. The first-order valence-corrected chi connectivity index (χ1v) is 9.09. The topological polar surface area (TPSA) is 138 Å². The average molecular weight is 403 g/mol. The number of carbonyl (C=O) groups excluding carboxylic acids is 2. The number of amides is 2. The summed E-state index contributed by atoms with van der Waals surface area (Å²) in [6.07, 6.45) is 0.909. The molecule has 0 fully saturated rings. The van der Waals surface area contributed by atoms with E-state index in [-0.39, 0.29) is 19.0 Å². The Morgan fingerprint density at radius 3 is 2.79 bits per heavy atom. The summed E-state index contributed by atoms with van der Waals surface area (Å²) in [5.41, 5.74) is -1.71. The van der Waals surface area contributed by atoms with E-state index >= 15 is 0 Å². The van der Waals surface area contributed by atoms with Gasteiger partial charge < -0.3 is 10.2 Å². The number of hydrogen-bond donors (Lipinski definition) is 1. The number of nitrogens with zero attached hydrogens (tertiary/aromatic N) is 4. The predicted octanol–water partition coefficient (Wildman–Crippen LogP) is 0.855. The van der Waals surface area contributed by atoms with Crippen molar-refractivity contribution in [3.05, 3.63) is 60.7 Å². The van der Waals surface area contributed by atoms with E-state index < -0.39 is 34.2 Å². The molecule has 0 aromatic carbocycles. The van der Waals surface area contributed by atoms with E-state index in [2.05, 4.69) is 5.32 Å². The number of pyridine rings is 1. The molecule has 0 unspecified atom stereocenters. The van der Waals surface area contributed by atoms with Gasteiger partial charge in [0.25, 0.3) is 11.2 Å². The van der Waals surface area contributed by atoms with Crippen LogP contribution in [0.15, 0.2) is 34.6 Å². The number of aromatic nitrogens is 1. The third-order valence-corrected chi connectivity index (χ3v) is 4.69. The monoisotopic (exact) mass is 403 g/mol. The Morgan fingerprint density at radius 2 is 2.21 bits per heavy atom. The zero-order valence-corrected chi connectivity index (χ0v) is 15.8. The fourth-order valence-corrected chi connectivity index (χ4v) is 3.01. The van der Waals surface area contributed by atoms with Gasteiger partial charge in [0, 0.05) is 17.5 Å². The fraction of sp³-hybridized carbons (Fsp3) is 0.294. The van der Waals surface area contributed by atoms with E-state index in [0.29, 0.717) is 6.54 Å². The minimum Gasteiger partial charge on any atom is -0.350 e. The van der Waals surface area contributed by atoms with Crippen molar-refractivity contribution in [2.75, 3.05) is 13.1 Å². The lowest BCUT2D eigenvalue weighted by Crippen LogP contribution is -2.42. The number of rotatable bonds is 8. The van der Waals surface area contributed by atoms with E-state index in [0.717, 1.165) is 21.7 Å². The van der Waals surface area contributed by atoms with Crippen LogP contribution in [0.25, 0.3) is 0 Å². The molecule has 2 aromatic heterocycles. The molecule has 11 heteroatoms. The maximum absolute atomic E-state index is 12.5. The van der Waals surface area contributed by atoms with Crippen molar-refractivity contribution >= 4 is 28.8 Å². The summed E-state index contributed by atoms with van der Waals surface area (Å²) in [6, 6.07) is 6.18. The second-order valence-corrected chi connectivity index (χ2v) is 6.71. The molecule has 0 saturated carbocycles. The number of thiophene rings is 1. The van der Waals surface area contributed by atoms with Gasteiger partial charge in [0.05, 0.1) is 24.2 Å². The summed E-state index contributed by atoms with van der Waals surface area (Å²) in [4.78, 5) is 49.1. The highest BCUT2D eigenvalue weighted by atomic mass is 32.1. The summed E-state index contributed by atoms with van der Waals surface area (Å²) in [5.74, 6) is -0.937. The summed E-state index contributed by atoms with van der Waals surface area (Å²) < 4.78 is 0.811. The van der Waals surface area contributed by atoms with Crippen LogP contribution in [-0.2, 0) is 22.7 Å². The molecule has 2 heterocycles. The molecule has 28 heavy (non-hydrogen) atoms. The Hall–Kier alpha value is -3.52. The van der Waals surface area contributed by atoms with Gasteiger partial charge in [0.15, 0.2) is 0 Å². The number of nitriles is 1. The van der Waals surface area contributed by atoms with Crippen LogP contribution in [0.1, 0.15) is 17.4 Å². The van der Waals surface area contributed by atoms with Crippen molar-refractivity contribution < 1.29 is 14.5 Å². The molecule has 2 aromatic rings. The van der Waals surface area contributed by atoms with Crippen LogP contribution in [0.3, 0.4) is 0 Å². The molecule has 2 amide bonds. The van der Waals surface area contributed by atoms with Crippen molar-refractivity contribution in [2.45, 2.75) is 20.0 Å². The molecule has 10 nitrogen and oxygen atoms in total. The summed E-state index contributed by atoms with van der Waals surface area (Å²) in [7, 11) is 0. The minimum absolute atomic E-state index is 0.208. The minimum atomic E-state index is -0.806. The molecule has 0 saturated heterocycles. The van der Waals surface area contributed by atoms with Gasteiger partial charge in [0.1, 0.15) is 18.2 Å². The summed E-state index contributed by atoms with van der Waals surface area (Å²) in [5, 5.41) is 24.5. The van der Waals surface area contributed by atoms with E-state index in [1.807, 2.05) is 17.5 Å². The van der Waals surface area contributed by atoms with E-state index in [9.17, 15) is 24.5 Å². The Labute approximate surface area is 163 Å². The zero-order chi connectivity index (χ0) is 20.7. The smallest absolute Gasteiger partial charge is 0.287 e. The third-order valence-electron chi connectivity index (χ3n) is 3.82. The van der Waals surface area contributed by atoms with Gasteiger partial charge in [-0.2, -0.15) is 5.26 Å². The molecule has 0 bridgehead atoms. The Kier molecular flexibility index (Phi) is 7.00. The molecule has 0 spiro atoms. The lowest BCUT2D eigenvalue weighted by molar-refractivity contribution is -0.385. The normalized spacial score (nSPS) is 10.1. The second-order valence-electron chi connectivity index (χ2n) is 5.68. The van der Waals surface area contributed by atoms with Gasteiger partial charge in [-0.1, -0.05) is 6.07 Å². The lowest BCUT2D eigenvalue weighted by atomic mass is 10.2. The molecule has 0 aliphatic heterocycles. The van der Waals surface area contributed by atoms with Gasteiger partial charge in [0.2, 0.25) is 11.8 Å². The predicted molar refractivity (Wildman–Crippen MR) is 100 cm³/mol. The number of hydrogen-bond acceptors (Lipinski definition) is 7. The fourth-order valence-electron chi connectivity index (χ4n) is 2.37. The summed E-state index contributed by atoms with van der Waals surface area (Å²) in [6.45, 7) is 1.50. The van der Waals surface area contributed by atoms with Crippen LogP contribution >= 0.6 is 11.3 Å². The van der Waals surface area contributed by atoms with Crippen LogP contribution in [0.5, 0.6) is 0 Å². The van der Waals surface area contributed by atoms with Crippen LogP contribution < -0.4 is 10.9 Å². The number of carbonyl (C=O) groups is 2. The van der Waals surface area contributed by atoms with Crippen molar-refractivity contribution in [2.24, 2.45) is 0 Å². The lowest BCUT2D eigenvalue weighted by Gasteiger charge is -2.20. The highest BCUT2D eigenvalue weighted by molar-refractivity contribution is 7.09. The largest absolute Gasteiger partial charge is 0.350 e. The number of nitrogens with one attached hydrogen (secondary N) is 1. The molecule has 0 aliphatic carbocycles. The molecular weight excluding hydrogens is 386 g/mol. The second kappa shape index (κ2) is 9.43. The molecular formula is C17H17N5O5S. The standard InChI is InChI=1S/C17H17N5O5S/c1-2-20(10-15(23)19-8-14-4-3-5-28-14)16(24)11-21-9-13(22(26)27)6-12(7-18)17(21)25/h3-6,9H,2,8,10-11H2,1H3,(H,19,23). The maximum atomic E-state index is 12.5. The van der Waals surface area contributed by atoms with Gasteiger partial charge in [-0.25, -0.2) is 0 Å². The molecule has 0 aliphatic rings. The Balaban J connectivity index is 2.08. The highest BCUT2D eigenvalue weighted by Crippen LogP contribution is 2.10. The Bertz CT molecular complexity index is 977. The zero-order valence-electron chi connectivity index (χ0n) is 15.0. The Morgan fingerprint density at radius 1 is 1.46 bits per heavy atom. The van der Waals surface area contributed by atoms with Crippen molar-refractivity contribution in [1.82, 2.24) is 14.8 Å². The average Bonchev–Trinajstić information content (AvgIpc) is 3.19. The SMILES string of the molecule is CCN(CC(=O)NCc1cccs1)C(=O)Cn1cc([N+](=O)[O-])cc(C#N)c1=O. The van der Waals surface area contributed by atoms with Crippen molar-refractivity contribution in [3.63, 3.8) is 0 Å². The number of nitro groups is 1. The first-order chi connectivity index (χ1) is 13.3. The first-order valence-electron chi connectivity index (χ1n) is 8.21. The quantitative estimate of drug-likeness (QED) is 0.512.